The summed E-state index contributed by atoms with van der Waals surface area (Å²) in [5.41, 5.74) is 0.579. The Morgan fingerprint density at radius 2 is 1.95 bits per heavy atom. The van der Waals surface area contributed by atoms with Gasteiger partial charge in [0.2, 0.25) is 17.7 Å². The lowest BCUT2D eigenvalue weighted by Crippen LogP contribution is -2.58. The third-order valence-electron chi connectivity index (χ3n) is 3.35. The summed E-state index contributed by atoms with van der Waals surface area (Å²) in [4.78, 5) is 55.9. The highest BCUT2D eigenvalue weighted by molar-refractivity contribution is 6.13. The SMILES string of the molecule is CC.O=C1CCC(N2C(=O)Cc3ncncc3C2=O)C(=O)N1. The van der Waals surface area contributed by atoms with Gasteiger partial charge in [-0.1, -0.05) is 13.8 Å². The molecule has 8 nitrogen and oxygen atoms in total. The van der Waals surface area contributed by atoms with Crippen LogP contribution in [0.15, 0.2) is 12.5 Å². The van der Waals surface area contributed by atoms with E-state index in [0.29, 0.717) is 5.69 Å². The lowest BCUT2D eigenvalue weighted by atomic mass is 9.98. The van der Waals surface area contributed by atoms with E-state index in [1.54, 1.807) is 0 Å². The summed E-state index contributed by atoms with van der Waals surface area (Å²) in [6, 6.07) is -0.943. The van der Waals surface area contributed by atoms with Crippen molar-refractivity contribution in [3.05, 3.63) is 23.8 Å². The quantitative estimate of drug-likeness (QED) is 0.722. The molecule has 2 aliphatic rings. The van der Waals surface area contributed by atoms with Crippen LogP contribution in [0.1, 0.15) is 42.7 Å². The fourth-order valence-electron chi connectivity index (χ4n) is 2.39. The molecule has 1 aromatic rings. The van der Waals surface area contributed by atoms with Crippen LogP contribution in [-0.2, 0) is 20.8 Å². The van der Waals surface area contributed by atoms with Crippen LogP contribution >= 0.6 is 0 Å². The van der Waals surface area contributed by atoms with Crippen LogP contribution in [0.4, 0.5) is 0 Å². The van der Waals surface area contributed by atoms with Crippen molar-refractivity contribution in [2.45, 2.75) is 39.2 Å². The molecule has 116 valence electrons. The first kappa shape index (κ1) is 15.7. The maximum atomic E-state index is 12.3. The number of piperidine rings is 1. The van der Waals surface area contributed by atoms with Gasteiger partial charge in [0, 0.05) is 12.6 Å². The zero-order valence-corrected chi connectivity index (χ0v) is 12.3. The summed E-state index contributed by atoms with van der Waals surface area (Å²) in [6.45, 7) is 4.00. The molecule has 0 aromatic carbocycles. The van der Waals surface area contributed by atoms with Gasteiger partial charge in [-0.2, -0.15) is 0 Å². The second-order valence-electron chi connectivity index (χ2n) is 4.60. The summed E-state index contributed by atoms with van der Waals surface area (Å²) in [6.07, 6.45) is 2.79. The van der Waals surface area contributed by atoms with Crippen molar-refractivity contribution in [3.63, 3.8) is 0 Å². The summed E-state index contributed by atoms with van der Waals surface area (Å²) < 4.78 is 0. The Morgan fingerprint density at radius 1 is 1.23 bits per heavy atom. The zero-order chi connectivity index (χ0) is 16.3. The van der Waals surface area contributed by atoms with Crippen LogP contribution in [-0.4, -0.2) is 44.5 Å². The highest BCUT2D eigenvalue weighted by Gasteiger charge is 2.42. The van der Waals surface area contributed by atoms with Crippen LogP contribution in [0, 0.1) is 0 Å². The summed E-state index contributed by atoms with van der Waals surface area (Å²) in [5, 5.41) is 2.14. The molecule has 8 heteroatoms. The molecule has 3 rings (SSSR count). The Kier molecular flexibility index (Phi) is 4.59. The number of fused-ring (bicyclic) bond motifs is 1. The number of rotatable bonds is 1. The lowest BCUT2D eigenvalue weighted by molar-refractivity contribution is -0.143. The fourth-order valence-corrected chi connectivity index (χ4v) is 2.39. The van der Waals surface area contributed by atoms with E-state index in [-0.39, 0.29) is 24.8 Å². The molecule has 2 aliphatic heterocycles. The number of aromatic nitrogens is 2. The minimum Gasteiger partial charge on any atom is -0.295 e. The van der Waals surface area contributed by atoms with Gasteiger partial charge in [0.25, 0.3) is 5.91 Å². The van der Waals surface area contributed by atoms with E-state index in [9.17, 15) is 19.2 Å². The molecule has 0 bridgehead atoms. The van der Waals surface area contributed by atoms with E-state index < -0.39 is 29.7 Å². The van der Waals surface area contributed by atoms with Gasteiger partial charge in [0.15, 0.2) is 0 Å². The first-order chi connectivity index (χ1) is 10.6. The molecular formula is C14H16N4O4. The standard InChI is InChI=1S/C12H10N4O4.C2H6/c17-9-2-1-8(11(19)15-9)16-10(18)3-7-6(12(16)20)4-13-5-14-7;1-2/h4-5,8H,1-3H2,(H,15,17,19);1-2H3. The highest BCUT2D eigenvalue weighted by atomic mass is 16.2. The van der Waals surface area contributed by atoms with Crippen LogP contribution in [0.3, 0.4) is 0 Å². The zero-order valence-electron chi connectivity index (χ0n) is 12.3. The Labute approximate surface area is 126 Å². The smallest absolute Gasteiger partial charge is 0.264 e. The van der Waals surface area contributed by atoms with E-state index in [1.165, 1.54) is 12.5 Å². The van der Waals surface area contributed by atoms with E-state index in [1.807, 2.05) is 13.8 Å². The van der Waals surface area contributed by atoms with Crippen LogP contribution in [0.2, 0.25) is 0 Å². The monoisotopic (exact) mass is 304 g/mol. The highest BCUT2D eigenvalue weighted by Crippen LogP contribution is 2.22. The van der Waals surface area contributed by atoms with Gasteiger partial charge < -0.3 is 0 Å². The van der Waals surface area contributed by atoms with Crippen molar-refractivity contribution >= 4 is 23.6 Å². The number of nitrogens with one attached hydrogen (secondary N) is 1. The largest absolute Gasteiger partial charge is 0.295 e. The number of nitrogens with zero attached hydrogens (tertiary/aromatic N) is 3. The summed E-state index contributed by atoms with van der Waals surface area (Å²) in [5.74, 6) is -2.10. The number of carbonyl (C=O) groups excluding carboxylic acids is 4. The second-order valence-corrected chi connectivity index (χ2v) is 4.60. The van der Waals surface area contributed by atoms with Gasteiger partial charge in [-0.05, 0) is 6.42 Å². The Balaban J connectivity index is 0.000000847. The fraction of sp³-hybridized carbons (Fsp3) is 0.429. The van der Waals surface area contributed by atoms with Crippen molar-refractivity contribution in [1.29, 1.82) is 0 Å². The lowest BCUT2D eigenvalue weighted by Gasteiger charge is -2.33. The van der Waals surface area contributed by atoms with Crippen molar-refractivity contribution < 1.29 is 19.2 Å². The first-order valence-electron chi connectivity index (χ1n) is 7.07. The molecule has 1 aromatic heterocycles. The van der Waals surface area contributed by atoms with Gasteiger partial charge in [-0.15, -0.1) is 0 Å². The maximum Gasteiger partial charge on any atom is 0.264 e. The van der Waals surface area contributed by atoms with Gasteiger partial charge in [-0.3, -0.25) is 29.4 Å². The van der Waals surface area contributed by atoms with Crippen molar-refractivity contribution in [1.82, 2.24) is 20.2 Å². The summed E-state index contributed by atoms with van der Waals surface area (Å²) >= 11 is 0. The third-order valence-corrected chi connectivity index (χ3v) is 3.35. The molecule has 1 atom stereocenters. The van der Waals surface area contributed by atoms with Crippen molar-refractivity contribution in [2.24, 2.45) is 0 Å². The van der Waals surface area contributed by atoms with E-state index in [0.717, 1.165) is 4.90 Å². The minimum atomic E-state index is -0.943. The average Bonchev–Trinajstić information content (AvgIpc) is 2.51. The Hall–Kier alpha value is -2.64. The van der Waals surface area contributed by atoms with Gasteiger partial charge >= 0.3 is 0 Å². The molecule has 1 saturated heterocycles. The first-order valence-corrected chi connectivity index (χ1v) is 7.07. The maximum absolute atomic E-state index is 12.3. The van der Waals surface area contributed by atoms with E-state index in [4.69, 9.17) is 0 Å². The predicted molar refractivity (Wildman–Crippen MR) is 74.4 cm³/mol. The average molecular weight is 304 g/mol. The van der Waals surface area contributed by atoms with E-state index >= 15 is 0 Å². The van der Waals surface area contributed by atoms with Gasteiger partial charge in [-0.25, -0.2) is 9.97 Å². The number of hydrogen-bond donors (Lipinski definition) is 1. The molecule has 0 radical (unpaired) electrons. The molecular weight excluding hydrogens is 288 g/mol. The van der Waals surface area contributed by atoms with Gasteiger partial charge in [0.05, 0.1) is 17.7 Å². The van der Waals surface area contributed by atoms with Crippen LogP contribution in [0.5, 0.6) is 0 Å². The molecule has 0 spiro atoms. The molecule has 0 saturated carbocycles. The van der Waals surface area contributed by atoms with Crippen LogP contribution < -0.4 is 5.32 Å². The second kappa shape index (κ2) is 6.42. The predicted octanol–water partition coefficient (Wildman–Crippen LogP) is -0.167. The molecule has 22 heavy (non-hydrogen) atoms. The number of hydrogen-bond acceptors (Lipinski definition) is 6. The Morgan fingerprint density at radius 3 is 2.64 bits per heavy atom. The van der Waals surface area contributed by atoms with Crippen molar-refractivity contribution in [3.8, 4) is 0 Å². The molecule has 1 unspecified atom stereocenters. The number of carbonyl (C=O) groups is 4. The van der Waals surface area contributed by atoms with Crippen LogP contribution in [0.25, 0.3) is 0 Å². The minimum absolute atomic E-state index is 0.0542. The topological polar surface area (TPSA) is 109 Å². The summed E-state index contributed by atoms with van der Waals surface area (Å²) in [7, 11) is 0. The Bertz CT molecular complexity index is 643. The number of amides is 4. The molecule has 4 amide bonds. The molecule has 1 fully saturated rings. The number of imide groups is 2. The molecule has 0 aliphatic carbocycles. The normalized spacial score (nSPS) is 20.8. The van der Waals surface area contributed by atoms with Gasteiger partial charge in [0.1, 0.15) is 12.4 Å². The third kappa shape index (κ3) is 2.72. The van der Waals surface area contributed by atoms with Crippen molar-refractivity contribution in [2.75, 3.05) is 0 Å². The molecule has 3 heterocycles. The van der Waals surface area contributed by atoms with E-state index in [2.05, 4.69) is 15.3 Å². The molecule has 1 N–H and O–H groups in total.